The molecule has 1 aromatic carbocycles. The lowest BCUT2D eigenvalue weighted by Crippen LogP contribution is -2.48. The molecule has 6 nitrogen and oxygen atoms in total. The van der Waals surface area contributed by atoms with Gasteiger partial charge in [-0.15, -0.1) is 0 Å². The summed E-state index contributed by atoms with van der Waals surface area (Å²) in [5.74, 6) is -4.79. The van der Waals surface area contributed by atoms with Crippen molar-refractivity contribution in [1.29, 1.82) is 0 Å². The Balaban J connectivity index is 2.91. The Morgan fingerprint density at radius 3 is 2.36 bits per heavy atom. The monoisotopic (exact) mass is 319 g/mol. The molecule has 0 fully saturated rings. The van der Waals surface area contributed by atoms with E-state index in [1.165, 1.54) is 29.6 Å². The van der Waals surface area contributed by atoms with Crippen molar-refractivity contribution in [3.8, 4) is 5.75 Å². The third-order valence-corrected chi connectivity index (χ3v) is 2.64. The Morgan fingerprint density at radius 1 is 1.27 bits per heavy atom. The molecular formula is C13H12F3NO5. The number of ketones is 1. The number of esters is 1. The first-order valence-electron chi connectivity index (χ1n) is 5.93. The van der Waals surface area contributed by atoms with Crippen molar-refractivity contribution in [2.24, 2.45) is 0 Å². The van der Waals surface area contributed by atoms with Crippen LogP contribution in [0.25, 0.3) is 0 Å². The van der Waals surface area contributed by atoms with Crippen LogP contribution < -0.4 is 5.32 Å². The number of methoxy groups -OCH3 is 1. The van der Waals surface area contributed by atoms with Crippen LogP contribution in [0.3, 0.4) is 0 Å². The van der Waals surface area contributed by atoms with Gasteiger partial charge in [-0.1, -0.05) is 12.1 Å². The fourth-order valence-corrected chi connectivity index (χ4v) is 1.58. The fourth-order valence-electron chi connectivity index (χ4n) is 1.58. The number of phenolic OH excluding ortho intramolecular Hbond substituents is 1. The van der Waals surface area contributed by atoms with Crippen LogP contribution in [0.1, 0.15) is 16.8 Å². The van der Waals surface area contributed by atoms with Crippen molar-refractivity contribution in [2.45, 2.75) is 18.6 Å². The maximum Gasteiger partial charge on any atom is 0.471 e. The van der Waals surface area contributed by atoms with E-state index in [4.69, 9.17) is 0 Å². The number of nitrogens with one attached hydrogen (secondary N) is 1. The molecule has 2 N–H and O–H groups in total. The summed E-state index contributed by atoms with van der Waals surface area (Å²) in [4.78, 5) is 34.2. The summed E-state index contributed by atoms with van der Waals surface area (Å²) in [5, 5.41) is 10.9. The predicted molar refractivity (Wildman–Crippen MR) is 67.1 cm³/mol. The summed E-state index contributed by atoms with van der Waals surface area (Å²) < 4.78 is 40.9. The lowest BCUT2D eigenvalue weighted by molar-refractivity contribution is -0.175. The molecule has 22 heavy (non-hydrogen) atoms. The van der Waals surface area contributed by atoms with E-state index in [9.17, 15) is 32.7 Å². The standard InChI is InChI=1S/C13H12F3NO5/c1-22-11(20)8(17-12(21)13(14,15)16)6-10(19)7-4-2-3-5-9(7)18/h2-5,8,18H,6H2,1H3,(H,17,21)/t8-/m1/s1. The number of alkyl halides is 3. The van der Waals surface area contributed by atoms with E-state index in [-0.39, 0.29) is 5.56 Å². The van der Waals surface area contributed by atoms with Crippen molar-refractivity contribution >= 4 is 17.7 Å². The quantitative estimate of drug-likeness (QED) is 0.628. The molecule has 0 unspecified atom stereocenters. The topological polar surface area (TPSA) is 92.7 Å². The van der Waals surface area contributed by atoms with E-state index in [2.05, 4.69) is 4.74 Å². The van der Waals surface area contributed by atoms with Crippen LogP contribution in [-0.4, -0.2) is 42.1 Å². The molecule has 0 radical (unpaired) electrons. The highest BCUT2D eigenvalue weighted by atomic mass is 19.4. The van der Waals surface area contributed by atoms with Gasteiger partial charge in [0.15, 0.2) is 5.78 Å². The van der Waals surface area contributed by atoms with Crippen LogP contribution in [0, 0.1) is 0 Å². The summed E-state index contributed by atoms with van der Waals surface area (Å²) in [6.07, 6.45) is -5.99. The lowest BCUT2D eigenvalue weighted by Gasteiger charge is -2.17. The average Bonchev–Trinajstić information content (AvgIpc) is 2.44. The first-order chi connectivity index (χ1) is 10.2. The van der Waals surface area contributed by atoms with Gasteiger partial charge in [0.05, 0.1) is 12.7 Å². The molecule has 0 bridgehead atoms. The first kappa shape index (κ1) is 17.5. The zero-order valence-electron chi connectivity index (χ0n) is 11.3. The van der Waals surface area contributed by atoms with Gasteiger partial charge < -0.3 is 15.2 Å². The van der Waals surface area contributed by atoms with E-state index >= 15 is 0 Å². The zero-order chi connectivity index (χ0) is 16.9. The summed E-state index contributed by atoms with van der Waals surface area (Å²) in [6, 6.07) is 3.49. The van der Waals surface area contributed by atoms with Crippen LogP contribution >= 0.6 is 0 Å². The van der Waals surface area contributed by atoms with E-state index in [1.54, 1.807) is 0 Å². The van der Waals surface area contributed by atoms with Crippen molar-refractivity contribution in [1.82, 2.24) is 5.32 Å². The molecule has 1 atom stereocenters. The van der Waals surface area contributed by atoms with Gasteiger partial charge in [-0.25, -0.2) is 4.79 Å². The normalized spacial score (nSPS) is 12.4. The van der Waals surface area contributed by atoms with Crippen LogP contribution in [0.15, 0.2) is 24.3 Å². The second-order valence-corrected chi connectivity index (χ2v) is 4.19. The van der Waals surface area contributed by atoms with Gasteiger partial charge in [-0.05, 0) is 12.1 Å². The van der Waals surface area contributed by atoms with Crippen LogP contribution in [-0.2, 0) is 14.3 Å². The SMILES string of the molecule is COC(=O)[C@@H](CC(=O)c1ccccc1O)NC(=O)C(F)(F)F. The number of benzene rings is 1. The Labute approximate surface area is 122 Å². The molecule has 0 aliphatic carbocycles. The Hall–Kier alpha value is -2.58. The van der Waals surface area contributed by atoms with Crippen molar-refractivity contribution in [3.63, 3.8) is 0 Å². The number of halogens is 3. The highest BCUT2D eigenvalue weighted by molar-refractivity contribution is 6.01. The van der Waals surface area contributed by atoms with Gasteiger partial charge in [0.25, 0.3) is 0 Å². The van der Waals surface area contributed by atoms with Crippen LogP contribution in [0.2, 0.25) is 0 Å². The second kappa shape index (κ2) is 6.92. The maximum atomic E-state index is 12.2. The highest BCUT2D eigenvalue weighted by Gasteiger charge is 2.41. The minimum atomic E-state index is -5.20. The third-order valence-electron chi connectivity index (χ3n) is 2.64. The molecule has 1 aromatic rings. The first-order valence-corrected chi connectivity index (χ1v) is 5.93. The molecule has 0 saturated heterocycles. The number of rotatable bonds is 5. The number of Topliss-reactive ketones (excluding diaryl/α,β-unsaturated/α-hetero) is 1. The molecule has 0 aliphatic rings. The molecule has 120 valence electrons. The number of ether oxygens (including phenoxy) is 1. The number of para-hydroxylation sites is 1. The molecule has 0 aliphatic heterocycles. The number of amides is 1. The summed E-state index contributed by atoms with van der Waals surface area (Å²) >= 11 is 0. The summed E-state index contributed by atoms with van der Waals surface area (Å²) in [7, 11) is 0.902. The molecule has 0 aromatic heterocycles. The minimum Gasteiger partial charge on any atom is -0.507 e. The smallest absolute Gasteiger partial charge is 0.471 e. The summed E-state index contributed by atoms with van der Waals surface area (Å²) in [6.45, 7) is 0. The van der Waals surface area contributed by atoms with E-state index in [0.717, 1.165) is 7.11 Å². The van der Waals surface area contributed by atoms with Gasteiger partial charge in [0.2, 0.25) is 0 Å². The molecule has 1 amide bonds. The Morgan fingerprint density at radius 2 is 1.86 bits per heavy atom. The number of aromatic hydroxyl groups is 1. The Kier molecular flexibility index (Phi) is 5.50. The number of phenols is 1. The van der Waals surface area contributed by atoms with Gasteiger partial charge in [0.1, 0.15) is 11.8 Å². The minimum absolute atomic E-state index is 0.183. The molecule has 0 spiro atoms. The Bertz CT molecular complexity index is 585. The second-order valence-electron chi connectivity index (χ2n) is 4.19. The van der Waals surface area contributed by atoms with Crippen LogP contribution in [0.4, 0.5) is 13.2 Å². The molecule has 0 heterocycles. The number of hydrogen-bond donors (Lipinski definition) is 2. The molecule has 9 heteroatoms. The highest BCUT2D eigenvalue weighted by Crippen LogP contribution is 2.19. The molecule has 1 rings (SSSR count). The number of hydrogen-bond acceptors (Lipinski definition) is 5. The average molecular weight is 319 g/mol. The largest absolute Gasteiger partial charge is 0.507 e. The van der Waals surface area contributed by atoms with Crippen molar-refractivity contribution < 1.29 is 37.4 Å². The number of carbonyl (C=O) groups is 3. The van der Waals surface area contributed by atoms with Gasteiger partial charge in [0, 0.05) is 6.42 Å². The zero-order valence-corrected chi connectivity index (χ0v) is 11.3. The fraction of sp³-hybridized carbons (Fsp3) is 0.308. The number of carbonyl (C=O) groups excluding carboxylic acids is 3. The molecular weight excluding hydrogens is 307 g/mol. The summed E-state index contributed by atoms with van der Waals surface area (Å²) in [5.41, 5.74) is -0.183. The van der Waals surface area contributed by atoms with E-state index in [1.807, 2.05) is 0 Å². The third kappa shape index (κ3) is 4.47. The van der Waals surface area contributed by atoms with Crippen molar-refractivity contribution in [2.75, 3.05) is 7.11 Å². The van der Waals surface area contributed by atoms with Crippen molar-refractivity contribution in [3.05, 3.63) is 29.8 Å². The van der Waals surface area contributed by atoms with E-state index in [0.29, 0.717) is 0 Å². The van der Waals surface area contributed by atoms with Gasteiger partial charge in [-0.3, -0.25) is 9.59 Å². The van der Waals surface area contributed by atoms with E-state index < -0.39 is 42.0 Å². The van der Waals surface area contributed by atoms with Gasteiger partial charge in [-0.2, -0.15) is 13.2 Å². The lowest BCUT2D eigenvalue weighted by atomic mass is 10.0. The van der Waals surface area contributed by atoms with Crippen LogP contribution in [0.5, 0.6) is 5.75 Å². The predicted octanol–water partition coefficient (Wildman–Crippen LogP) is 1.19. The van der Waals surface area contributed by atoms with Gasteiger partial charge >= 0.3 is 18.1 Å². The molecule has 0 saturated carbocycles. The maximum absolute atomic E-state index is 12.2.